The molecule has 1 heterocycles. The summed E-state index contributed by atoms with van der Waals surface area (Å²) in [6.07, 6.45) is 8.64. The average molecular weight is 279 g/mol. The van der Waals surface area contributed by atoms with Crippen molar-refractivity contribution in [1.82, 2.24) is 5.32 Å². The number of rotatable bonds is 7. The van der Waals surface area contributed by atoms with E-state index < -0.39 is 0 Å². The highest BCUT2D eigenvalue weighted by molar-refractivity contribution is 5.16. The lowest BCUT2D eigenvalue weighted by Crippen LogP contribution is -2.24. The first kappa shape index (κ1) is 15.6. The van der Waals surface area contributed by atoms with E-state index in [1.165, 1.54) is 37.7 Å². The summed E-state index contributed by atoms with van der Waals surface area (Å²) in [5.74, 6) is 1.88. The molecule has 114 valence electrons. The molecule has 0 radical (unpaired) electrons. The largest absolute Gasteiger partial charge is 0.468 e. The summed E-state index contributed by atoms with van der Waals surface area (Å²) in [4.78, 5) is 0. The van der Waals surface area contributed by atoms with Crippen LogP contribution in [0.3, 0.4) is 0 Å². The topological polar surface area (TPSA) is 34.4 Å². The van der Waals surface area contributed by atoms with Crippen LogP contribution in [0.25, 0.3) is 0 Å². The molecule has 2 unspecified atom stereocenters. The summed E-state index contributed by atoms with van der Waals surface area (Å²) in [6.45, 7) is 8.05. The first-order chi connectivity index (χ1) is 9.69. The van der Waals surface area contributed by atoms with Crippen molar-refractivity contribution in [3.8, 4) is 0 Å². The normalized spacial score (nSPS) is 23.4. The van der Waals surface area contributed by atoms with Crippen LogP contribution in [0.2, 0.25) is 0 Å². The molecule has 3 heteroatoms. The maximum Gasteiger partial charge on any atom is 0.123 e. The van der Waals surface area contributed by atoms with E-state index in [0.717, 1.165) is 18.2 Å². The van der Waals surface area contributed by atoms with Crippen LogP contribution in [-0.2, 0) is 17.9 Å². The zero-order valence-corrected chi connectivity index (χ0v) is 13.2. The van der Waals surface area contributed by atoms with Gasteiger partial charge in [-0.2, -0.15) is 0 Å². The predicted molar refractivity (Wildman–Crippen MR) is 81.5 cm³/mol. The molecule has 1 aromatic heterocycles. The Hall–Kier alpha value is -0.800. The fourth-order valence-electron chi connectivity index (χ4n) is 2.92. The zero-order valence-electron chi connectivity index (χ0n) is 13.2. The highest BCUT2D eigenvalue weighted by atomic mass is 16.5. The molecule has 1 aromatic rings. The Bertz CT molecular complexity index is 386. The first-order valence-electron chi connectivity index (χ1n) is 8.09. The molecule has 2 atom stereocenters. The van der Waals surface area contributed by atoms with Gasteiger partial charge in [-0.15, -0.1) is 0 Å². The van der Waals surface area contributed by atoms with E-state index >= 15 is 0 Å². The van der Waals surface area contributed by atoms with E-state index in [-0.39, 0.29) is 0 Å². The molecule has 1 fully saturated rings. The van der Waals surface area contributed by atoms with Gasteiger partial charge < -0.3 is 14.5 Å². The van der Waals surface area contributed by atoms with Gasteiger partial charge in [0.05, 0.1) is 25.5 Å². The van der Waals surface area contributed by atoms with Gasteiger partial charge in [0, 0.05) is 11.6 Å². The molecule has 1 N–H and O–H groups in total. The van der Waals surface area contributed by atoms with Crippen molar-refractivity contribution in [2.45, 2.75) is 78.2 Å². The summed E-state index contributed by atoms with van der Waals surface area (Å²) < 4.78 is 11.7. The zero-order chi connectivity index (χ0) is 14.4. The van der Waals surface area contributed by atoms with Crippen molar-refractivity contribution in [3.63, 3.8) is 0 Å². The Balaban J connectivity index is 1.80. The van der Waals surface area contributed by atoms with Crippen LogP contribution >= 0.6 is 0 Å². The Morgan fingerprint density at radius 1 is 1.40 bits per heavy atom. The standard InChI is InChI=1S/C17H29NO2/c1-4-14-6-5-7-16(10-14)20-12-15-8-9-19-17(15)11-18-13(2)3/h8-9,13-14,16,18H,4-7,10-12H2,1-3H3. The second-order valence-electron chi connectivity index (χ2n) is 6.28. The molecule has 3 nitrogen and oxygen atoms in total. The molecular formula is C17H29NO2. The van der Waals surface area contributed by atoms with E-state index in [1.807, 2.05) is 6.07 Å². The van der Waals surface area contributed by atoms with Crippen molar-refractivity contribution in [3.05, 3.63) is 23.7 Å². The third kappa shape index (κ3) is 4.64. The molecule has 0 saturated heterocycles. The Kier molecular flexibility index (Phi) is 6.11. The quantitative estimate of drug-likeness (QED) is 0.809. The minimum atomic E-state index is 0.439. The van der Waals surface area contributed by atoms with Crippen molar-refractivity contribution < 1.29 is 9.15 Å². The lowest BCUT2D eigenvalue weighted by atomic mass is 9.85. The molecule has 1 aliphatic rings. The fourth-order valence-corrected chi connectivity index (χ4v) is 2.92. The molecular weight excluding hydrogens is 250 g/mol. The second-order valence-corrected chi connectivity index (χ2v) is 6.28. The minimum absolute atomic E-state index is 0.439. The van der Waals surface area contributed by atoms with Gasteiger partial charge in [0.15, 0.2) is 0 Å². The van der Waals surface area contributed by atoms with Crippen molar-refractivity contribution in [1.29, 1.82) is 0 Å². The summed E-state index contributed by atoms with van der Waals surface area (Å²) in [6, 6.07) is 2.51. The lowest BCUT2D eigenvalue weighted by Gasteiger charge is -2.28. The summed E-state index contributed by atoms with van der Waals surface area (Å²) in [5.41, 5.74) is 1.19. The van der Waals surface area contributed by atoms with E-state index in [0.29, 0.717) is 18.8 Å². The molecule has 1 aliphatic carbocycles. The molecule has 0 aliphatic heterocycles. The fraction of sp³-hybridized carbons (Fsp3) is 0.765. The van der Waals surface area contributed by atoms with Crippen LogP contribution in [0.4, 0.5) is 0 Å². The highest BCUT2D eigenvalue weighted by Gasteiger charge is 2.21. The third-order valence-corrected chi connectivity index (χ3v) is 4.30. The average Bonchev–Trinajstić information content (AvgIpc) is 2.90. The molecule has 0 bridgehead atoms. The van der Waals surface area contributed by atoms with Crippen molar-refractivity contribution >= 4 is 0 Å². The number of hydrogen-bond acceptors (Lipinski definition) is 3. The van der Waals surface area contributed by atoms with Crippen LogP contribution in [0.5, 0.6) is 0 Å². The first-order valence-corrected chi connectivity index (χ1v) is 8.09. The highest BCUT2D eigenvalue weighted by Crippen LogP contribution is 2.29. The van der Waals surface area contributed by atoms with Gasteiger partial charge in [-0.3, -0.25) is 0 Å². The van der Waals surface area contributed by atoms with E-state index in [9.17, 15) is 0 Å². The Labute approximate surface area is 123 Å². The summed E-state index contributed by atoms with van der Waals surface area (Å²) in [5, 5.41) is 3.39. The van der Waals surface area contributed by atoms with Crippen molar-refractivity contribution in [2.75, 3.05) is 0 Å². The van der Waals surface area contributed by atoms with Crippen LogP contribution in [0.1, 0.15) is 64.2 Å². The number of hydrogen-bond donors (Lipinski definition) is 1. The van der Waals surface area contributed by atoms with Crippen molar-refractivity contribution in [2.24, 2.45) is 5.92 Å². The Morgan fingerprint density at radius 2 is 2.25 bits per heavy atom. The van der Waals surface area contributed by atoms with Gasteiger partial charge >= 0.3 is 0 Å². The maximum atomic E-state index is 6.12. The number of furan rings is 1. The number of nitrogens with one attached hydrogen (secondary N) is 1. The van der Waals surface area contributed by atoms with Crippen LogP contribution in [0.15, 0.2) is 16.7 Å². The molecule has 0 amide bonds. The van der Waals surface area contributed by atoms with Gasteiger partial charge in [0.2, 0.25) is 0 Å². The molecule has 20 heavy (non-hydrogen) atoms. The van der Waals surface area contributed by atoms with E-state index in [1.54, 1.807) is 6.26 Å². The van der Waals surface area contributed by atoms with Gasteiger partial charge in [-0.25, -0.2) is 0 Å². The molecule has 0 aromatic carbocycles. The lowest BCUT2D eigenvalue weighted by molar-refractivity contribution is 0.00117. The monoisotopic (exact) mass is 279 g/mol. The maximum absolute atomic E-state index is 6.12. The summed E-state index contributed by atoms with van der Waals surface area (Å²) in [7, 11) is 0. The predicted octanol–water partition coefficient (Wildman–Crippen LogP) is 4.26. The van der Waals surface area contributed by atoms with Gasteiger partial charge in [-0.1, -0.05) is 40.0 Å². The van der Waals surface area contributed by atoms with E-state index in [2.05, 4.69) is 26.1 Å². The van der Waals surface area contributed by atoms with Gasteiger partial charge in [0.1, 0.15) is 5.76 Å². The van der Waals surface area contributed by atoms with Crippen LogP contribution in [-0.4, -0.2) is 12.1 Å². The smallest absolute Gasteiger partial charge is 0.123 e. The molecule has 1 saturated carbocycles. The summed E-state index contributed by atoms with van der Waals surface area (Å²) >= 11 is 0. The van der Waals surface area contributed by atoms with Crippen LogP contribution in [0, 0.1) is 5.92 Å². The SMILES string of the molecule is CCC1CCCC(OCc2ccoc2CNC(C)C)C1. The minimum Gasteiger partial charge on any atom is -0.468 e. The molecule has 0 spiro atoms. The third-order valence-electron chi connectivity index (χ3n) is 4.30. The van der Waals surface area contributed by atoms with Gasteiger partial charge in [-0.05, 0) is 24.8 Å². The van der Waals surface area contributed by atoms with Gasteiger partial charge in [0.25, 0.3) is 0 Å². The van der Waals surface area contributed by atoms with Crippen LogP contribution < -0.4 is 5.32 Å². The second kappa shape index (κ2) is 7.84. The van der Waals surface area contributed by atoms with E-state index in [4.69, 9.17) is 9.15 Å². The Morgan fingerprint density at radius 3 is 3.00 bits per heavy atom. The number of ether oxygens (including phenoxy) is 1. The molecule has 2 rings (SSSR count).